The summed E-state index contributed by atoms with van der Waals surface area (Å²) in [6.07, 6.45) is 12.3. The van der Waals surface area contributed by atoms with Gasteiger partial charge in [-0.2, -0.15) is 0 Å². The smallest absolute Gasteiger partial charge is 0.287 e. The van der Waals surface area contributed by atoms with Gasteiger partial charge in [-0.05, 0) is 68.6 Å². The van der Waals surface area contributed by atoms with E-state index >= 15 is 0 Å². The van der Waals surface area contributed by atoms with Crippen LogP contribution in [0.1, 0.15) is 129 Å². The van der Waals surface area contributed by atoms with Crippen LogP contribution < -0.4 is 10.6 Å². The standard InChI is InChI=1S/C38H57N5O6/c1-7-12-25(33(46)36(48)41-23(3)8-2)19-31(45)32-27-16-11-15-26(27)22-43(32)37(49)34(38(4,5)6)42-35(47)28(24-13-9-10-14-24)20-30(44)29-21-39-17-18-40-29/h17-18,21,23-28,32,34H,7-16,19-20,22H2,1-6H3,(H,41,48)(H,42,47)/t23-,25+,26-,27-,28-,32-,34+/m0/s1. The van der Waals surface area contributed by atoms with Gasteiger partial charge in [0.2, 0.25) is 17.6 Å². The Morgan fingerprint density at radius 3 is 2.27 bits per heavy atom. The van der Waals surface area contributed by atoms with Gasteiger partial charge in [-0.3, -0.25) is 33.8 Å². The van der Waals surface area contributed by atoms with Crippen LogP contribution in [0.15, 0.2) is 18.6 Å². The molecule has 1 saturated heterocycles. The van der Waals surface area contributed by atoms with Crippen molar-refractivity contribution >= 4 is 35.1 Å². The number of rotatable bonds is 16. The Morgan fingerprint density at radius 2 is 1.65 bits per heavy atom. The Morgan fingerprint density at radius 1 is 0.939 bits per heavy atom. The van der Waals surface area contributed by atoms with Gasteiger partial charge in [0.1, 0.15) is 11.7 Å². The number of likely N-dealkylation sites (tertiary alicyclic amines) is 1. The molecule has 7 atom stereocenters. The first-order valence-corrected chi connectivity index (χ1v) is 18.5. The highest BCUT2D eigenvalue weighted by Gasteiger charge is 2.52. The number of nitrogens with zero attached hydrogens (tertiary/aromatic N) is 3. The molecule has 0 aromatic carbocycles. The molecule has 2 heterocycles. The van der Waals surface area contributed by atoms with E-state index in [9.17, 15) is 28.8 Å². The van der Waals surface area contributed by atoms with Crippen molar-refractivity contribution in [3.05, 3.63) is 24.3 Å². The molecule has 1 aliphatic heterocycles. The molecular weight excluding hydrogens is 622 g/mol. The Labute approximate surface area is 291 Å². The number of nitrogens with one attached hydrogen (secondary N) is 2. The number of carbonyl (C=O) groups is 6. The van der Waals surface area contributed by atoms with Crippen LogP contribution in [-0.4, -0.2) is 74.6 Å². The fraction of sp³-hybridized carbons (Fsp3) is 0.737. The lowest BCUT2D eigenvalue weighted by Crippen LogP contribution is -2.58. The van der Waals surface area contributed by atoms with Crippen LogP contribution in [0.2, 0.25) is 0 Å². The summed E-state index contributed by atoms with van der Waals surface area (Å²) in [5.74, 6) is -3.55. The van der Waals surface area contributed by atoms with Crippen molar-refractivity contribution < 1.29 is 28.8 Å². The number of fused-ring (bicyclic) bond motifs is 1. The van der Waals surface area contributed by atoms with E-state index in [1.165, 1.54) is 18.6 Å². The summed E-state index contributed by atoms with van der Waals surface area (Å²) in [5.41, 5.74) is -0.481. The van der Waals surface area contributed by atoms with E-state index < -0.39 is 41.0 Å². The number of hydrogen-bond donors (Lipinski definition) is 2. The summed E-state index contributed by atoms with van der Waals surface area (Å²) in [6, 6.07) is -1.80. The zero-order chi connectivity index (χ0) is 35.9. The first-order valence-electron chi connectivity index (χ1n) is 18.5. The minimum atomic E-state index is -0.931. The van der Waals surface area contributed by atoms with Gasteiger partial charge in [-0.15, -0.1) is 0 Å². The molecule has 1 aromatic heterocycles. The van der Waals surface area contributed by atoms with Crippen LogP contribution in [0.3, 0.4) is 0 Å². The van der Waals surface area contributed by atoms with Crippen LogP contribution in [0.25, 0.3) is 0 Å². The molecule has 2 saturated carbocycles. The van der Waals surface area contributed by atoms with Gasteiger partial charge in [0.25, 0.3) is 5.91 Å². The molecule has 11 nitrogen and oxygen atoms in total. The molecule has 2 aliphatic carbocycles. The summed E-state index contributed by atoms with van der Waals surface area (Å²) in [4.78, 5) is 92.0. The minimum Gasteiger partial charge on any atom is -0.347 e. The topological polar surface area (TPSA) is 156 Å². The van der Waals surface area contributed by atoms with E-state index in [2.05, 4.69) is 20.6 Å². The average Bonchev–Trinajstić information content (AvgIpc) is 3.83. The van der Waals surface area contributed by atoms with Crippen LogP contribution in [0, 0.1) is 35.0 Å². The quantitative estimate of drug-likeness (QED) is 0.185. The largest absolute Gasteiger partial charge is 0.347 e. The molecule has 49 heavy (non-hydrogen) atoms. The average molecular weight is 680 g/mol. The lowest BCUT2D eigenvalue weighted by atomic mass is 9.82. The van der Waals surface area contributed by atoms with E-state index in [1.54, 1.807) is 4.90 Å². The predicted octanol–water partition coefficient (Wildman–Crippen LogP) is 4.87. The first kappa shape index (κ1) is 38.3. The van der Waals surface area contributed by atoms with E-state index in [1.807, 2.05) is 41.5 Å². The van der Waals surface area contributed by atoms with Gasteiger partial charge in [0.15, 0.2) is 11.6 Å². The molecule has 0 bridgehead atoms. The molecule has 3 amide bonds. The highest BCUT2D eigenvalue weighted by atomic mass is 16.2. The maximum absolute atomic E-state index is 14.6. The maximum atomic E-state index is 14.6. The number of ketones is 3. The number of carbonyl (C=O) groups excluding carboxylic acids is 6. The second kappa shape index (κ2) is 16.9. The van der Waals surface area contributed by atoms with E-state index in [0.29, 0.717) is 25.8 Å². The van der Waals surface area contributed by atoms with Gasteiger partial charge >= 0.3 is 0 Å². The number of Topliss-reactive ketones (excluding diaryl/α,β-unsaturated/α-hetero) is 3. The molecule has 2 N–H and O–H groups in total. The second-order valence-electron chi connectivity index (χ2n) is 15.8. The molecule has 3 aliphatic rings. The lowest BCUT2D eigenvalue weighted by molar-refractivity contribution is -0.146. The molecule has 0 unspecified atom stereocenters. The van der Waals surface area contributed by atoms with Gasteiger partial charge < -0.3 is 15.5 Å². The monoisotopic (exact) mass is 679 g/mol. The summed E-state index contributed by atoms with van der Waals surface area (Å²) < 4.78 is 0. The van der Waals surface area contributed by atoms with Gasteiger partial charge in [0, 0.05) is 49.7 Å². The van der Waals surface area contributed by atoms with Crippen molar-refractivity contribution in [2.45, 2.75) is 137 Å². The highest BCUT2D eigenvalue weighted by Crippen LogP contribution is 2.44. The fourth-order valence-electron chi connectivity index (χ4n) is 8.21. The molecule has 11 heteroatoms. The Balaban J connectivity index is 1.56. The Hall–Kier alpha value is -3.50. The predicted molar refractivity (Wildman–Crippen MR) is 185 cm³/mol. The number of aromatic nitrogens is 2. The first-order chi connectivity index (χ1) is 23.3. The molecule has 4 rings (SSSR count). The summed E-state index contributed by atoms with van der Waals surface area (Å²) in [7, 11) is 0. The molecule has 1 aromatic rings. The molecule has 0 radical (unpaired) electrons. The van der Waals surface area contributed by atoms with Crippen molar-refractivity contribution in [3.63, 3.8) is 0 Å². The van der Waals surface area contributed by atoms with E-state index in [-0.39, 0.29) is 65.7 Å². The molecule has 270 valence electrons. The Bertz CT molecular complexity index is 1350. The van der Waals surface area contributed by atoms with Crippen molar-refractivity contribution in [3.8, 4) is 0 Å². The van der Waals surface area contributed by atoms with Crippen LogP contribution in [-0.2, 0) is 24.0 Å². The number of hydrogen-bond acceptors (Lipinski definition) is 8. The van der Waals surface area contributed by atoms with Crippen LogP contribution in [0.4, 0.5) is 0 Å². The van der Waals surface area contributed by atoms with E-state index in [4.69, 9.17) is 0 Å². The third-order valence-electron chi connectivity index (χ3n) is 11.1. The number of amides is 3. The van der Waals surface area contributed by atoms with Gasteiger partial charge in [-0.1, -0.05) is 60.3 Å². The van der Waals surface area contributed by atoms with Gasteiger partial charge in [0.05, 0.1) is 12.2 Å². The van der Waals surface area contributed by atoms with Crippen molar-refractivity contribution in [1.29, 1.82) is 0 Å². The van der Waals surface area contributed by atoms with Gasteiger partial charge in [-0.25, -0.2) is 4.98 Å². The summed E-state index contributed by atoms with van der Waals surface area (Å²) in [6.45, 7) is 11.8. The van der Waals surface area contributed by atoms with Crippen molar-refractivity contribution in [2.75, 3.05) is 6.54 Å². The second-order valence-corrected chi connectivity index (χ2v) is 15.8. The highest BCUT2D eigenvalue weighted by molar-refractivity contribution is 6.37. The third-order valence-corrected chi connectivity index (χ3v) is 11.1. The molecule has 3 fully saturated rings. The lowest BCUT2D eigenvalue weighted by Gasteiger charge is -2.37. The minimum absolute atomic E-state index is 0.0161. The van der Waals surface area contributed by atoms with Crippen molar-refractivity contribution in [1.82, 2.24) is 25.5 Å². The zero-order valence-corrected chi connectivity index (χ0v) is 30.3. The summed E-state index contributed by atoms with van der Waals surface area (Å²) >= 11 is 0. The summed E-state index contributed by atoms with van der Waals surface area (Å²) in [5, 5.41) is 5.82. The Kier molecular flexibility index (Phi) is 13.2. The fourth-order valence-corrected chi connectivity index (χ4v) is 8.21. The molecule has 0 spiro atoms. The van der Waals surface area contributed by atoms with Crippen molar-refractivity contribution in [2.24, 2.45) is 35.0 Å². The third kappa shape index (κ3) is 9.39. The van der Waals surface area contributed by atoms with Crippen LogP contribution >= 0.6 is 0 Å². The SMILES string of the molecule is CCC[C@H](CC(=O)[C@@H]1[C@H]2CCC[C@H]2CN1C(=O)[C@@H](NC(=O)[C@@H](CC(=O)c1cnccn1)C1CCCC1)C(C)(C)C)C(=O)C(=O)N[C@@H](C)CC. The van der Waals surface area contributed by atoms with Crippen LogP contribution in [0.5, 0.6) is 0 Å². The normalized spacial score (nSPS) is 23.3. The maximum Gasteiger partial charge on any atom is 0.287 e. The van der Waals surface area contributed by atoms with E-state index in [0.717, 1.165) is 44.9 Å². The molecular formula is C38H57N5O6. The zero-order valence-electron chi connectivity index (χ0n) is 30.3.